The molecule has 200 valence electrons. The third-order valence-electron chi connectivity index (χ3n) is 8.18. The molecule has 0 aliphatic carbocycles. The standard InChI is InChI=1S/C30H36N4O4/c1-33-21-30(15-7-6-10-22-9-2-5-13-25(22)38-20-8-14-26(33)35)16-18-34(19-17-30)29(37)27-23-11-3-4-12-24(23)28(36)32-31-27/h2-5,9,11-13H,6-8,10,14-21H2,1H3,(H,32,36). The Hall–Kier alpha value is -3.68. The first-order valence-electron chi connectivity index (χ1n) is 13.7. The molecule has 1 aromatic heterocycles. The summed E-state index contributed by atoms with van der Waals surface area (Å²) < 4.78 is 6.00. The van der Waals surface area contributed by atoms with Crippen molar-refractivity contribution in [2.24, 2.45) is 5.41 Å². The number of likely N-dealkylation sites (tertiary alicyclic amines) is 1. The third-order valence-corrected chi connectivity index (χ3v) is 8.18. The molecule has 0 unspecified atom stereocenters. The van der Waals surface area contributed by atoms with Gasteiger partial charge >= 0.3 is 0 Å². The molecule has 0 saturated carbocycles. The Labute approximate surface area is 223 Å². The minimum Gasteiger partial charge on any atom is -0.493 e. The van der Waals surface area contributed by atoms with Crippen LogP contribution in [-0.4, -0.2) is 65.1 Å². The molecule has 0 bridgehead atoms. The van der Waals surface area contributed by atoms with Crippen molar-refractivity contribution >= 4 is 22.6 Å². The Morgan fingerprint density at radius 3 is 2.47 bits per heavy atom. The predicted octanol–water partition coefficient (Wildman–Crippen LogP) is 4.19. The zero-order valence-corrected chi connectivity index (χ0v) is 22.1. The molecule has 1 spiro atoms. The van der Waals surface area contributed by atoms with E-state index >= 15 is 0 Å². The Kier molecular flexibility index (Phi) is 7.77. The first-order valence-corrected chi connectivity index (χ1v) is 13.7. The lowest BCUT2D eigenvalue weighted by molar-refractivity contribution is -0.132. The van der Waals surface area contributed by atoms with E-state index in [9.17, 15) is 14.4 Å². The number of hydrogen-bond acceptors (Lipinski definition) is 5. The molecule has 5 rings (SSSR count). The van der Waals surface area contributed by atoms with Crippen molar-refractivity contribution in [3.8, 4) is 5.75 Å². The van der Waals surface area contributed by atoms with Gasteiger partial charge < -0.3 is 14.5 Å². The third kappa shape index (κ3) is 5.59. The minimum atomic E-state index is -0.295. The van der Waals surface area contributed by atoms with Gasteiger partial charge in [0.15, 0.2) is 5.69 Å². The average Bonchev–Trinajstić information content (AvgIpc) is 2.94. The lowest BCUT2D eigenvalue weighted by Gasteiger charge is -2.44. The first kappa shape index (κ1) is 25.9. The zero-order chi connectivity index (χ0) is 26.5. The number of piperidine rings is 1. The summed E-state index contributed by atoms with van der Waals surface area (Å²) in [5.74, 6) is 0.908. The first-order chi connectivity index (χ1) is 18.5. The number of nitrogens with zero attached hydrogens (tertiary/aromatic N) is 3. The molecule has 38 heavy (non-hydrogen) atoms. The summed E-state index contributed by atoms with van der Waals surface area (Å²) in [5, 5.41) is 7.65. The Morgan fingerprint density at radius 1 is 0.921 bits per heavy atom. The maximum absolute atomic E-state index is 13.5. The van der Waals surface area contributed by atoms with Gasteiger partial charge in [-0.3, -0.25) is 14.4 Å². The van der Waals surface area contributed by atoms with Crippen LogP contribution >= 0.6 is 0 Å². The van der Waals surface area contributed by atoms with Crippen molar-refractivity contribution in [1.29, 1.82) is 0 Å². The highest BCUT2D eigenvalue weighted by Gasteiger charge is 2.38. The van der Waals surface area contributed by atoms with Gasteiger partial charge in [0.25, 0.3) is 11.5 Å². The number of aryl methyl sites for hydroxylation is 1. The van der Waals surface area contributed by atoms with Crippen LogP contribution in [0.1, 0.15) is 61.0 Å². The molecule has 3 aromatic rings. The van der Waals surface area contributed by atoms with E-state index in [2.05, 4.69) is 22.3 Å². The number of carbonyl (C=O) groups is 2. The van der Waals surface area contributed by atoms with Gasteiger partial charge in [0, 0.05) is 38.5 Å². The van der Waals surface area contributed by atoms with Crippen molar-refractivity contribution in [1.82, 2.24) is 20.0 Å². The molecule has 3 heterocycles. The summed E-state index contributed by atoms with van der Waals surface area (Å²) in [4.78, 5) is 42.3. The molecule has 1 saturated heterocycles. The van der Waals surface area contributed by atoms with E-state index in [-0.39, 0.29) is 28.5 Å². The van der Waals surface area contributed by atoms with Crippen LogP contribution in [0.4, 0.5) is 0 Å². The number of rotatable bonds is 1. The van der Waals surface area contributed by atoms with Gasteiger partial charge in [-0.25, -0.2) is 5.10 Å². The SMILES string of the molecule is CN1CC2(CCCCc3ccccc3OCCCC1=O)CCN(C(=O)c1n[nH]c(=O)c3ccccc13)CC2. The number of aromatic amines is 1. The molecular weight excluding hydrogens is 480 g/mol. The maximum atomic E-state index is 13.5. The van der Waals surface area contributed by atoms with E-state index in [1.54, 1.807) is 18.2 Å². The highest BCUT2D eigenvalue weighted by Crippen LogP contribution is 2.38. The lowest BCUT2D eigenvalue weighted by Crippen LogP contribution is -2.48. The smallest absolute Gasteiger partial charge is 0.274 e. The van der Waals surface area contributed by atoms with E-state index in [1.165, 1.54) is 5.56 Å². The van der Waals surface area contributed by atoms with Crippen LogP contribution in [-0.2, 0) is 11.2 Å². The number of para-hydroxylation sites is 1. The second-order valence-corrected chi connectivity index (χ2v) is 10.8. The molecule has 2 amide bonds. The number of benzene rings is 2. The van der Waals surface area contributed by atoms with Gasteiger partial charge in [-0.15, -0.1) is 0 Å². The van der Waals surface area contributed by atoms with E-state index in [0.717, 1.165) is 44.3 Å². The second kappa shape index (κ2) is 11.4. The number of ether oxygens (including phenoxy) is 1. The summed E-state index contributed by atoms with van der Waals surface area (Å²) in [6, 6.07) is 15.3. The fraction of sp³-hybridized carbons (Fsp3) is 0.467. The van der Waals surface area contributed by atoms with Crippen molar-refractivity contribution in [3.05, 3.63) is 70.1 Å². The largest absolute Gasteiger partial charge is 0.493 e. The fourth-order valence-corrected chi connectivity index (χ4v) is 5.95. The molecule has 0 radical (unpaired) electrons. The van der Waals surface area contributed by atoms with Crippen molar-refractivity contribution in [3.63, 3.8) is 0 Å². The summed E-state index contributed by atoms with van der Waals surface area (Å²) in [5.41, 5.74) is 1.19. The van der Waals surface area contributed by atoms with Crippen LogP contribution in [0.25, 0.3) is 10.8 Å². The number of aromatic nitrogens is 2. The number of hydrogen-bond donors (Lipinski definition) is 1. The van der Waals surface area contributed by atoms with E-state index in [4.69, 9.17) is 4.74 Å². The summed E-state index contributed by atoms with van der Waals surface area (Å²) >= 11 is 0. The molecule has 8 heteroatoms. The lowest BCUT2D eigenvalue weighted by atomic mass is 9.73. The van der Waals surface area contributed by atoms with Gasteiger partial charge in [0.1, 0.15) is 5.75 Å². The van der Waals surface area contributed by atoms with Crippen LogP contribution < -0.4 is 10.3 Å². The number of H-pyrrole nitrogens is 1. The molecule has 2 aliphatic heterocycles. The van der Waals surface area contributed by atoms with Crippen molar-refractivity contribution < 1.29 is 14.3 Å². The highest BCUT2D eigenvalue weighted by atomic mass is 16.5. The number of amides is 2. The topological polar surface area (TPSA) is 95.6 Å². The molecule has 2 aromatic carbocycles. The predicted molar refractivity (Wildman–Crippen MR) is 146 cm³/mol. The monoisotopic (exact) mass is 516 g/mol. The number of carbonyl (C=O) groups excluding carboxylic acids is 2. The summed E-state index contributed by atoms with van der Waals surface area (Å²) in [7, 11) is 1.90. The Morgan fingerprint density at radius 2 is 1.66 bits per heavy atom. The average molecular weight is 517 g/mol. The van der Waals surface area contributed by atoms with Gasteiger partial charge in [-0.2, -0.15) is 5.10 Å². The van der Waals surface area contributed by atoms with Gasteiger partial charge in [-0.05, 0) is 61.6 Å². The van der Waals surface area contributed by atoms with Gasteiger partial charge in [0.2, 0.25) is 5.91 Å². The Balaban J connectivity index is 1.31. The van der Waals surface area contributed by atoms with Crippen LogP contribution in [0.3, 0.4) is 0 Å². The van der Waals surface area contributed by atoms with E-state index < -0.39 is 0 Å². The maximum Gasteiger partial charge on any atom is 0.274 e. The van der Waals surface area contributed by atoms with Crippen molar-refractivity contribution in [2.45, 2.75) is 51.4 Å². The van der Waals surface area contributed by atoms with E-state index in [1.807, 2.05) is 35.0 Å². The molecule has 0 atom stereocenters. The Bertz CT molecular complexity index is 1360. The molecule has 8 nitrogen and oxygen atoms in total. The van der Waals surface area contributed by atoms with Crippen LogP contribution in [0.5, 0.6) is 5.75 Å². The van der Waals surface area contributed by atoms with Gasteiger partial charge in [0.05, 0.1) is 12.0 Å². The van der Waals surface area contributed by atoms with Gasteiger partial charge in [-0.1, -0.05) is 42.8 Å². The second-order valence-electron chi connectivity index (χ2n) is 10.8. The minimum absolute atomic E-state index is 0.0260. The normalized spacial score (nSPS) is 19.0. The van der Waals surface area contributed by atoms with Crippen LogP contribution in [0.15, 0.2) is 53.3 Å². The fourth-order valence-electron chi connectivity index (χ4n) is 5.95. The molecule has 1 fully saturated rings. The number of nitrogens with one attached hydrogen (secondary N) is 1. The summed E-state index contributed by atoms with van der Waals surface area (Å²) in [6.45, 7) is 2.44. The highest BCUT2D eigenvalue weighted by molar-refractivity contribution is 6.04. The summed E-state index contributed by atoms with van der Waals surface area (Å²) in [6.07, 6.45) is 6.89. The molecule has 2 aliphatic rings. The number of fused-ring (bicyclic) bond motifs is 2. The van der Waals surface area contributed by atoms with Crippen LogP contribution in [0.2, 0.25) is 0 Å². The quantitative estimate of drug-likeness (QED) is 0.523. The van der Waals surface area contributed by atoms with Crippen molar-refractivity contribution in [2.75, 3.05) is 33.3 Å². The van der Waals surface area contributed by atoms with E-state index in [0.29, 0.717) is 49.9 Å². The molecule has 1 N–H and O–H groups in total. The zero-order valence-electron chi connectivity index (χ0n) is 22.1. The molecular formula is C30H36N4O4. The van der Waals surface area contributed by atoms with Crippen LogP contribution in [0, 0.1) is 5.41 Å².